The minimum Gasteiger partial charge on any atom is -0.395 e. The molecule has 3 rings (SSSR count). The monoisotopic (exact) mass is 331 g/mol. The Morgan fingerprint density at radius 2 is 2.04 bits per heavy atom. The van der Waals surface area contributed by atoms with E-state index >= 15 is 0 Å². The summed E-state index contributed by atoms with van der Waals surface area (Å²) >= 11 is 0. The van der Waals surface area contributed by atoms with Crippen LogP contribution in [0.25, 0.3) is 0 Å². The van der Waals surface area contributed by atoms with Gasteiger partial charge in [0.05, 0.1) is 12.6 Å². The predicted molar refractivity (Wildman–Crippen MR) is 95.0 cm³/mol. The molecular weight excluding hydrogens is 302 g/mol. The highest BCUT2D eigenvalue weighted by Gasteiger charge is 2.30. The first-order valence-corrected chi connectivity index (χ1v) is 9.13. The maximum absolute atomic E-state index is 12.9. The van der Waals surface area contributed by atoms with Gasteiger partial charge >= 0.3 is 6.03 Å². The van der Waals surface area contributed by atoms with Crippen molar-refractivity contribution < 1.29 is 9.90 Å². The van der Waals surface area contributed by atoms with E-state index in [1.54, 1.807) is 0 Å². The molecule has 0 saturated carbocycles. The van der Waals surface area contributed by atoms with Crippen LogP contribution in [0, 0.1) is 0 Å². The molecule has 0 aromatic heterocycles. The molecule has 1 unspecified atom stereocenters. The van der Waals surface area contributed by atoms with Crippen LogP contribution in [0.2, 0.25) is 0 Å². The van der Waals surface area contributed by atoms with Crippen molar-refractivity contribution in [1.82, 2.24) is 15.1 Å². The van der Waals surface area contributed by atoms with Crippen molar-refractivity contribution in [3.8, 4) is 0 Å². The Balaban J connectivity index is 1.71. The van der Waals surface area contributed by atoms with Crippen LogP contribution in [-0.2, 0) is 6.42 Å². The lowest BCUT2D eigenvalue weighted by atomic mass is 9.87. The zero-order chi connectivity index (χ0) is 16.9. The molecule has 0 radical (unpaired) electrons. The summed E-state index contributed by atoms with van der Waals surface area (Å²) in [6, 6.07) is 8.70. The topological polar surface area (TPSA) is 55.8 Å². The highest BCUT2D eigenvalue weighted by molar-refractivity contribution is 5.75. The van der Waals surface area contributed by atoms with Gasteiger partial charge < -0.3 is 20.2 Å². The number of fused-ring (bicyclic) bond motifs is 1. The van der Waals surface area contributed by atoms with Crippen molar-refractivity contribution in [2.24, 2.45) is 0 Å². The molecule has 1 heterocycles. The lowest BCUT2D eigenvalue weighted by Crippen LogP contribution is -2.50. The number of rotatable bonds is 4. The molecule has 1 fully saturated rings. The second-order valence-electron chi connectivity index (χ2n) is 7.05. The fourth-order valence-corrected chi connectivity index (χ4v) is 3.97. The molecule has 24 heavy (non-hydrogen) atoms. The number of likely N-dealkylation sites (tertiary alicyclic amines) is 1. The number of aliphatic hydroxyl groups excluding tert-OH is 1. The molecule has 1 aliphatic heterocycles. The van der Waals surface area contributed by atoms with E-state index in [-0.39, 0.29) is 24.7 Å². The number of carbonyl (C=O) groups is 1. The van der Waals surface area contributed by atoms with Crippen LogP contribution in [0.5, 0.6) is 0 Å². The third-order valence-electron chi connectivity index (χ3n) is 5.36. The van der Waals surface area contributed by atoms with Crippen LogP contribution < -0.4 is 5.32 Å². The van der Waals surface area contributed by atoms with E-state index in [4.69, 9.17) is 0 Å². The number of carbonyl (C=O) groups excluding carboxylic acids is 1. The van der Waals surface area contributed by atoms with Crippen LogP contribution in [0.4, 0.5) is 4.79 Å². The van der Waals surface area contributed by atoms with E-state index in [0.717, 1.165) is 45.2 Å². The zero-order valence-corrected chi connectivity index (χ0v) is 14.6. The van der Waals surface area contributed by atoms with E-state index in [1.807, 2.05) is 11.0 Å². The third kappa shape index (κ3) is 3.90. The van der Waals surface area contributed by atoms with Gasteiger partial charge in [0, 0.05) is 12.6 Å². The minimum absolute atomic E-state index is 0.000505. The van der Waals surface area contributed by atoms with Crippen LogP contribution in [0.15, 0.2) is 24.3 Å². The summed E-state index contributed by atoms with van der Waals surface area (Å²) in [6.45, 7) is 2.44. The molecule has 1 aliphatic carbocycles. The first-order chi connectivity index (χ1) is 11.7. The van der Waals surface area contributed by atoms with Gasteiger partial charge in [0.2, 0.25) is 0 Å². The Bertz CT molecular complexity index is 555. The van der Waals surface area contributed by atoms with Gasteiger partial charge in [0.15, 0.2) is 0 Å². The van der Waals surface area contributed by atoms with Gasteiger partial charge in [-0.15, -0.1) is 0 Å². The molecule has 2 N–H and O–H groups in total. The largest absolute Gasteiger partial charge is 0.395 e. The molecule has 1 atom stereocenters. The lowest BCUT2D eigenvalue weighted by molar-refractivity contribution is 0.136. The predicted octanol–water partition coefficient (Wildman–Crippen LogP) is 2.16. The Morgan fingerprint density at radius 1 is 1.29 bits per heavy atom. The van der Waals surface area contributed by atoms with Crippen LogP contribution in [0.3, 0.4) is 0 Å². The minimum atomic E-state index is -0.0275. The van der Waals surface area contributed by atoms with Gasteiger partial charge in [-0.25, -0.2) is 4.79 Å². The van der Waals surface area contributed by atoms with Crippen LogP contribution in [-0.4, -0.2) is 60.3 Å². The molecule has 1 saturated heterocycles. The fraction of sp³-hybridized carbons (Fsp3) is 0.632. The number of hydrogen-bond donors (Lipinski definition) is 2. The average Bonchev–Trinajstić information content (AvgIpc) is 2.61. The molecule has 5 nitrogen and oxygen atoms in total. The quantitative estimate of drug-likeness (QED) is 0.889. The Kier molecular flexibility index (Phi) is 5.74. The number of piperidine rings is 1. The Morgan fingerprint density at radius 3 is 2.79 bits per heavy atom. The molecule has 1 aromatic carbocycles. The Labute approximate surface area is 144 Å². The number of aliphatic hydroxyl groups is 1. The van der Waals surface area contributed by atoms with Gasteiger partial charge in [0.25, 0.3) is 0 Å². The zero-order valence-electron chi connectivity index (χ0n) is 14.6. The van der Waals surface area contributed by atoms with Crippen molar-refractivity contribution in [3.63, 3.8) is 0 Å². The second kappa shape index (κ2) is 7.99. The SMILES string of the molecule is CN1CCC(NC(=O)N(CCO)C2CCCc3ccccc32)CC1. The summed E-state index contributed by atoms with van der Waals surface area (Å²) in [5, 5.41) is 12.7. The number of amides is 2. The molecule has 2 amide bonds. The second-order valence-corrected chi connectivity index (χ2v) is 7.05. The van der Waals surface area contributed by atoms with E-state index in [0.29, 0.717) is 6.54 Å². The fourth-order valence-electron chi connectivity index (χ4n) is 3.97. The maximum Gasteiger partial charge on any atom is 0.318 e. The van der Waals surface area contributed by atoms with Gasteiger partial charge in [0.1, 0.15) is 0 Å². The van der Waals surface area contributed by atoms with Crippen molar-refractivity contribution in [2.45, 2.75) is 44.2 Å². The smallest absolute Gasteiger partial charge is 0.318 e. The number of nitrogens with zero attached hydrogens (tertiary/aromatic N) is 2. The third-order valence-corrected chi connectivity index (χ3v) is 5.36. The molecule has 0 bridgehead atoms. The van der Waals surface area contributed by atoms with Crippen LogP contribution in [0.1, 0.15) is 42.9 Å². The molecule has 0 spiro atoms. The maximum atomic E-state index is 12.9. The molecular formula is C19H29N3O2. The van der Waals surface area contributed by atoms with Gasteiger partial charge in [-0.2, -0.15) is 0 Å². The molecule has 1 aromatic rings. The Hall–Kier alpha value is -1.59. The van der Waals surface area contributed by atoms with Crippen molar-refractivity contribution >= 4 is 6.03 Å². The average molecular weight is 331 g/mol. The van der Waals surface area contributed by atoms with Crippen LogP contribution >= 0.6 is 0 Å². The van der Waals surface area contributed by atoms with E-state index in [9.17, 15) is 9.90 Å². The first kappa shape index (κ1) is 17.2. The van der Waals surface area contributed by atoms with Crippen molar-refractivity contribution in [3.05, 3.63) is 35.4 Å². The van der Waals surface area contributed by atoms with E-state index in [2.05, 4.69) is 35.5 Å². The number of hydrogen-bond acceptors (Lipinski definition) is 3. The molecule has 2 aliphatic rings. The molecule has 132 valence electrons. The van der Waals surface area contributed by atoms with Crippen molar-refractivity contribution in [2.75, 3.05) is 33.3 Å². The highest BCUT2D eigenvalue weighted by Crippen LogP contribution is 2.34. The summed E-state index contributed by atoms with van der Waals surface area (Å²) in [4.78, 5) is 17.0. The number of benzene rings is 1. The number of nitrogens with one attached hydrogen (secondary N) is 1. The lowest BCUT2D eigenvalue weighted by Gasteiger charge is -2.37. The van der Waals surface area contributed by atoms with E-state index < -0.39 is 0 Å². The summed E-state index contributed by atoms with van der Waals surface area (Å²) in [7, 11) is 2.12. The first-order valence-electron chi connectivity index (χ1n) is 9.13. The van der Waals surface area contributed by atoms with Gasteiger partial charge in [-0.3, -0.25) is 0 Å². The summed E-state index contributed by atoms with van der Waals surface area (Å²) in [5.74, 6) is 0. The normalized spacial score (nSPS) is 22.0. The highest BCUT2D eigenvalue weighted by atomic mass is 16.3. The summed E-state index contributed by atoms with van der Waals surface area (Å²) in [6.07, 6.45) is 5.13. The van der Waals surface area contributed by atoms with Gasteiger partial charge in [-0.05, 0) is 63.4 Å². The van der Waals surface area contributed by atoms with Gasteiger partial charge in [-0.1, -0.05) is 24.3 Å². The van der Waals surface area contributed by atoms with E-state index in [1.165, 1.54) is 11.1 Å². The number of urea groups is 1. The summed E-state index contributed by atoms with van der Waals surface area (Å²) in [5.41, 5.74) is 2.58. The van der Waals surface area contributed by atoms with Crippen molar-refractivity contribution in [1.29, 1.82) is 0 Å². The summed E-state index contributed by atoms with van der Waals surface area (Å²) < 4.78 is 0. The standard InChI is InChI=1S/C19H29N3O2/c1-21-11-9-16(10-12-21)20-19(24)22(13-14-23)18-8-4-6-15-5-2-3-7-17(15)18/h2-3,5,7,16,18,23H,4,6,8-14H2,1H3,(H,20,24). The molecule has 5 heteroatoms. The number of aryl methyl sites for hydroxylation is 1.